The van der Waals surface area contributed by atoms with Gasteiger partial charge in [0.05, 0.1) is 13.7 Å². The maximum Gasteiger partial charge on any atom is 0.157 e. The van der Waals surface area contributed by atoms with Crippen LogP contribution in [-0.2, 0) is 19.2 Å². The zero-order valence-electron chi connectivity index (χ0n) is 19.4. The summed E-state index contributed by atoms with van der Waals surface area (Å²) in [6.45, 7) is 6.82. The maximum atomic E-state index is 6.04. The van der Waals surface area contributed by atoms with Crippen LogP contribution in [0.3, 0.4) is 0 Å². The van der Waals surface area contributed by atoms with E-state index in [-0.39, 0.29) is 6.29 Å². The molecule has 0 radical (unpaired) electrons. The second-order valence-corrected chi connectivity index (χ2v) is 7.90. The molecule has 170 valence electrons. The van der Waals surface area contributed by atoms with Gasteiger partial charge in [-0.15, -0.1) is 0 Å². The third-order valence-corrected chi connectivity index (χ3v) is 5.14. The van der Waals surface area contributed by atoms with Crippen LogP contribution in [0.25, 0.3) is 0 Å². The van der Waals surface area contributed by atoms with E-state index < -0.39 is 0 Å². The molecule has 4 heteroatoms. The molecule has 0 aromatic rings. The number of rotatable bonds is 24. The minimum Gasteiger partial charge on any atom is -0.353 e. The summed E-state index contributed by atoms with van der Waals surface area (Å²) < 4.78 is 12.1. The lowest BCUT2D eigenvalue weighted by Crippen LogP contribution is -2.19. The molecule has 0 heterocycles. The summed E-state index contributed by atoms with van der Waals surface area (Å²) in [6, 6.07) is 0. The first kappa shape index (κ1) is 27.8. The summed E-state index contributed by atoms with van der Waals surface area (Å²) in [5.74, 6) is 0. The predicted octanol–water partition coefficient (Wildman–Crippen LogP) is 7.60. The quantitative estimate of drug-likeness (QED) is 0.0721. The highest BCUT2D eigenvalue weighted by molar-refractivity contribution is 4.51. The molecule has 0 saturated carbocycles. The first-order valence-corrected chi connectivity index (χ1v) is 12.2. The van der Waals surface area contributed by atoms with Gasteiger partial charge in [-0.3, -0.25) is 0 Å². The molecule has 4 nitrogen and oxygen atoms in total. The first-order valence-electron chi connectivity index (χ1n) is 12.2. The lowest BCUT2D eigenvalue weighted by atomic mass is 10.1. The first-order chi connectivity index (χ1) is 13.8. The third-order valence-electron chi connectivity index (χ3n) is 5.14. The summed E-state index contributed by atoms with van der Waals surface area (Å²) in [7, 11) is 1.56. The number of unbranched alkanes of at least 4 members (excludes halogenated alkanes) is 13. The van der Waals surface area contributed by atoms with Gasteiger partial charge in [-0.05, 0) is 32.1 Å². The Labute approximate surface area is 176 Å². The lowest BCUT2D eigenvalue weighted by molar-refractivity contribution is -0.273. The van der Waals surface area contributed by atoms with Crippen molar-refractivity contribution >= 4 is 0 Å². The highest BCUT2D eigenvalue weighted by Gasteiger charge is 2.09. The number of ether oxygens (including phenoxy) is 2. The van der Waals surface area contributed by atoms with Crippen molar-refractivity contribution in [3.05, 3.63) is 0 Å². The highest BCUT2D eigenvalue weighted by Crippen LogP contribution is 2.12. The van der Waals surface area contributed by atoms with Crippen LogP contribution in [0, 0.1) is 0 Å². The molecule has 0 spiro atoms. The Bertz CT molecular complexity index is 253. The molecule has 0 aliphatic heterocycles. The summed E-state index contributed by atoms with van der Waals surface area (Å²) in [4.78, 5) is 9.58. The molecule has 28 heavy (non-hydrogen) atoms. The lowest BCUT2D eigenvalue weighted by Gasteiger charge is -2.19. The van der Waals surface area contributed by atoms with Crippen LogP contribution in [0.1, 0.15) is 123 Å². The molecule has 0 fully saturated rings. The number of hydrogen-bond donors (Lipinski definition) is 0. The highest BCUT2D eigenvalue weighted by atomic mass is 17.2. The topological polar surface area (TPSA) is 36.9 Å². The second-order valence-electron chi connectivity index (χ2n) is 7.90. The van der Waals surface area contributed by atoms with Crippen LogP contribution in [0.2, 0.25) is 0 Å². The molecule has 0 aromatic heterocycles. The summed E-state index contributed by atoms with van der Waals surface area (Å²) in [6.07, 6.45) is 21.3. The summed E-state index contributed by atoms with van der Waals surface area (Å²) in [5, 5.41) is 0. The van der Waals surface area contributed by atoms with Gasteiger partial charge in [0, 0.05) is 13.2 Å². The van der Waals surface area contributed by atoms with E-state index in [0.29, 0.717) is 6.61 Å². The van der Waals surface area contributed by atoms with Crippen molar-refractivity contribution in [1.82, 2.24) is 0 Å². The van der Waals surface area contributed by atoms with Crippen LogP contribution < -0.4 is 0 Å². The molecule has 0 unspecified atom stereocenters. The molecule has 0 bridgehead atoms. The molecule has 0 rings (SSSR count). The van der Waals surface area contributed by atoms with E-state index in [0.717, 1.165) is 45.3 Å². The molecule has 0 atom stereocenters. The Hall–Kier alpha value is -0.160. The second kappa shape index (κ2) is 24.9. The van der Waals surface area contributed by atoms with Crippen molar-refractivity contribution in [1.29, 1.82) is 0 Å². The molecule has 0 N–H and O–H groups in total. The van der Waals surface area contributed by atoms with Crippen molar-refractivity contribution in [2.24, 2.45) is 0 Å². The minimum absolute atomic E-state index is 0.0530. The van der Waals surface area contributed by atoms with E-state index in [1.807, 2.05) is 0 Å². The van der Waals surface area contributed by atoms with Crippen molar-refractivity contribution in [3.8, 4) is 0 Å². The van der Waals surface area contributed by atoms with Crippen LogP contribution >= 0.6 is 0 Å². The smallest absolute Gasteiger partial charge is 0.157 e. The third kappa shape index (κ3) is 22.1. The van der Waals surface area contributed by atoms with Gasteiger partial charge in [-0.1, -0.05) is 90.9 Å². The molecule has 0 amide bonds. The normalized spacial score (nSPS) is 11.6. The fraction of sp³-hybridized carbons (Fsp3) is 1.00. The Balaban J connectivity index is 3.75. The van der Waals surface area contributed by atoms with Gasteiger partial charge < -0.3 is 9.47 Å². The van der Waals surface area contributed by atoms with Crippen molar-refractivity contribution < 1.29 is 19.2 Å². The minimum atomic E-state index is -0.0530. The SMILES string of the molecule is CCCCCCCCCOC(CCCCOOC)OCCCCCCCCC. The van der Waals surface area contributed by atoms with Gasteiger partial charge in [-0.25, -0.2) is 9.78 Å². The predicted molar refractivity (Wildman–Crippen MR) is 118 cm³/mol. The van der Waals surface area contributed by atoms with Crippen molar-refractivity contribution in [2.45, 2.75) is 129 Å². The fourth-order valence-corrected chi connectivity index (χ4v) is 3.32. The molecule has 0 aliphatic carbocycles. The van der Waals surface area contributed by atoms with Crippen molar-refractivity contribution in [2.75, 3.05) is 26.9 Å². The van der Waals surface area contributed by atoms with E-state index in [1.165, 1.54) is 77.0 Å². The summed E-state index contributed by atoms with van der Waals surface area (Å²) in [5.41, 5.74) is 0. The molecular formula is C24H50O4. The van der Waals surface area contributed by atoms with Crippen LogP contribution in [0.5, 0.6) is 0 Å². The average Bonchev–Trinajstić information content (AvgIpc) is 2.71. The van der Waals surface area contributed by atoms with E-state index in [4.69, 9.17) is 14.4 Å². The van der Waals surface area contributed by atoms with E-state index in [2.05, 4.69) is 18.7 Å². The van der Waals surface area contributed by atoms with Crippen LogP contribution in [0.4, 0.5) is 0 Å². The van der Waals surface area contributed by atoms with Crippen molar-refractivity contribution in [3.63, 3.8) is 0 Å². The fourth-order valence-electron chi connectivity index (χ4n) is 3.32. The largest absolute Gasteiger partial charge is 0.353 e. The van der Waals surface area contributed by atoms with Crippen LogP contribution in [-0.4, -0.2) is 33.2 Å². The van der Waals surface area contributed by atoms with Gasteiger partial charge in [0.2, 0.25) is 0 Å². The molecule has 0 saturated heterocycles. The van der Waals surface area contributed by atoms with E-state index in [9.17, 15) is 0 Å². The Kier molecular flexibility index (Phi) is 24.7. The zero-order chi connectivity index (χ0) is 20.5. The molecular weight excluding hydrogens is 352 g/mol. The molecule has 0 aromatic carbocycles. The summed E-state index contributed by atoms with van der Waals surface area (Å²) >= 11 is 0. The van der Waals surface area contributed by atoms with Gasteiger partial charge in [0.15, 0.2) is 6.29 Å². The Morgan fingerprint density at radius 2 is 0.929 bits per heavy atom. The zero-order valence-corrected chi connectivity index (χ0v) is 19.4. The van der Waals surface area contributed by atoms with E-state index >= 15 is 0 Å². The Morgan fingerprint density at radius 3 is 1.39 bits per heavy atom. The van der Waals surface area contributed by atoms with Gasteiger partial charge in [-0.2, -0.15) is 0 Å². The van der Waals surface area contributed by atoms with Crippen LogP contribution in [0.15, 0.2) is 0 Å². The Morgan fingerprint density at radius 1 is 0.500 bits per heavy atom. The monoisotopic (exact) mass is 402 g/mol. The van der Waals surface area contributed by atoms with Gasteiger partial charge in [0.1, 0.15) is 0 Å². The number of hydrogen-bond acceptors (Lipinski definition) is 4. The van der Waals surface area contributed by atoms with Gasteiger partial charge in [0.25, 0.3) is 0 Å². The van der Waals surface area contributed by atoms with E-state index in [1.54, 1.807) is 7.11 Å². The average molecular weight is 403 g/mol. The molecule has 0 aliphatic rings. The standard InChI is InChI=1S/C24H50O4/c1-4-6-8-10-12-14-17-21-26-24(20-16-19-23-28-25-3)27-22-18-15-13-11-9-7-5-2/h24H,4-23H2,1-3H3. The van der Waals surface area contributed by atoms with Gasteiger partial charge >= 0.3 is 0 Å². The maximum absolute atomic E-state index is 6.04.